The van der Waals surface area contributed by atoms with Gasteiger partial charge < -0.3 is 15.6 Å². The van der Waals surface area contributed by atoms with E-state index in [0.29, 0.717) is 0 Å². The molecule has 0 aliphatic rings. The first-order chi connectivity index (χ1) is 8.18. The fourth-order valence-corrected chi connectivity index (χ4v) is 1.77. The molecular formula is C13H17N3O. The van der Waals surface area contributed by atoms with Crippen LogP contribution in [0.25, 0.3) is 0 Å². The average molecular weight is 231 g/mol. The molecule has 2 rings (SSSR count). The van der Waals surface area contributed by atoms with Crippen LogP contribution in [-0.2, 0) is 13.1 Å². The normalized spacial score (nSPS) is 10.7. The molecule has 0 atom stereocenters. The van der Waals surface area contributed by atoms with Gasteiger partial charge in [0.25, 0.3) is 0 Å². The van der Waals surface area contributed by atoms with Gasteiger partial charge in [0.2, 0.25) is 0 Å². The monoisotopic (exact) mass is 231 g/mol. The van der Waals surface area contributed by atoms with Crippen LogP contribution in [0.4, 0.5) is 5.69 Å². The van der Waals surface area contributed by atoms with Crippen molar-refractivity contribution in [2.45, 2.75) is 26.9 Å². The molecule has 4 nitrogen and oxygen atoms in total. The maximum absolute atomic E-state index is 5.87. The van der Waals surface area contributed by atoms with Gasteiger partial charge in [-0.15, -0.1) is 0 Å². The second-order valence-electron chi connectivity index (χ2n) is 4.11. The van der Waals surface area contributed by atoms with E-state index in [1.54, 1.807) is 0 Å². The SMILES string of the molecule is Cc1noc(C)c1CNCc1ccccc1N. The van der Waals surface area contributed by atoms with Crippen molar-refractivity contribution in [1.29, 1.82) is 0 Å². The second kappa shape index (κ2) is 5.01. The van der Waals surface area contributed by atoms with Gasteiger partial charge in [0.1, 0.15) is 5.76 Å². The van der Waals surface area contributed by atoms with E-state index in [0.717, 1.165) is 41.4 Å². The molecule has 2 aromatic rings. The molecule has 4 heteroatoms. The van der Waals surface area contributed by atoms with Crippen LogP contribution < -0.4 is 11.1 Å². The van der Waals surface area contributed by atoms with E-state index in [1.165, 1.54) is 0 Å². The summed E-state index contributed by atoms with van der Waals surface area (Å²) in [5.41, 5.74) is 9.86. The molecule has 17 heavy (non-hydrogen) atoms. The minimum absolute atomic E-state index is 0.746. The number of aryl methyl sites for hydroxylation is 2. The molecular weight excluding hydrogens is 214 g/mol. The predicted octanol–water partition coefficient (Wildman–Crippen LogP) is 2.16. The van der Waals surface area contributed by atoms with Crippen LogP contribution in [0.5, 0.6) is 0 Å². The summed E-state index contributed by atoms with van der Waals surface area (Å²) in [6.45, 7) is 5.37. The second-order valence-corrected chi connectivity index (χ2v) is 4.11. The number of para-hydroxylation sites is 1. The molecule has 0 saturated carbocycles. The lowest BCUT2D eigenvalue weighted by Crippen LogP contribution is -2.14. The van der Waals surface area contributed by atoms with Crippen molar-refractivity contribution in [2.24, 2.45) is 0 Å². The van der Waals surface area contributed by atoms with Crippen LogP contribution in [-0.4, -0.2) is 5.16 Å². The Hall–Kier alpha value is -1.81. The van der Waals surface area contributed by atoms with E-state index in [2.05, 4.69) is 10.5 Å². The van der Waals surface area contributed by atoms with Gasteiger partial charge in [-0.2, -0.15) is 0 Å². The molecule has 0 radical (unpaired) electrons. The van der Waals surface area contributed by atoms with Gasteiger partial charge >= 0.3 is 0 Å². The molecule has 0 aliphatic carbocycles. The third kappa shape index (κ3) is 2.65. The fourth-order valence-electron chi connectivity index (χ4n) is 1.77. The largest absolute Gasteiger partial charge is 0.398 e. The van der Waals surface area contributed by atoms with E-state index in [9.17, 15) is 0 Å². The highest BCUT2D eigenvalue weighted by atomic mass is 16.5. The molecule has 0 saturated heterocycles. The molecule has 0 spiro atoms. The standard InChI is InChI=1S/C13H17N3O/c1-9-12(10(2)17-16-9)8-15-7-11-5-3-4-6-13(11)14/h3-6,15H,7-8,14H2,1-2H3. The van der Waals surface area contributed by atoms with Crippen LogP contribution in [0.15, 0.2) is 28.8 Å². The van der Waals surface area contributed by atoms with Crippen molar-refractivity contribution in [1.82, 2.24) is 10.5 Å². The minimum atomic E-state index is 0.746. The highest BCUT2D eigenvalue weighted by molar-refractivity contribution is 5.46. The highest BCUT2D eigenvalue weighted by Gasteiger charge is 2.08. The molecule has 0 aliphatic heterocycles. The summed E-state index contributed by atoms with van der Waals surface area (Å²) in [6.07, 6.45) is 0. The average Bonchev–Trinajstić information content (AvgIpc) is 2.63. The maximum atomic E-state index is 5.87. The number of rotatable bonds is 4. The van der Waals surface area contributed by atoms with Crippen molar-refractivity contribution >= 4 is 5.69 Å². The van der Waals surface area contributed by atoms with Crippen LogP contribution in [0.3, 0.4) is 0 Å². The summed E-state index contributed by atoms with van der Waals surface area (Å²) in [5.74, 6) is 0.871. The van der Waals surface area contributed by atoms with Crippen molar-refractivity contribution in [3.8, 4) is 0 Å². The number of aromatic nitrogens is 1. The number of hydrogen-bond donors (Lipinski definition) is 2. The topological polar surface area (TPSA) is 64.1 Å². The van der Waals surface area contributed by atoms with E-state index in [4.69, 9.17) is 10.3 Å². The fraction of sp³-hybridized carbons (Fsp3) is 0.308. The van der Waals surface area contributed by atoms with Crippen molar-refractivity contribution < 1.29 is 4.52 Å². The summed E-state index contributed by atoms with van der Waals surface area (Å²) in [4.78, 5) is 0. The summed E-state index contributed by atoms with van der Waals surface area (Å²) >= 11 is 0. The number of nitrogens with zero attached hydrogens (tertiary/aromatic N) is 1. The molecule has 1 aromatic carbocycles. The zero-order chi connectivity index (χ0) is 12.3. The van der Waals surface area contributed by atoms with Gasteiger partial charge in [-0.25, -0.2) is 0 Å². The molecule has 0 amide bonds. The van der Waals surface area contributed by atoms with Gasteiger partial charge in [-0.3, -0.25) is 0 Å². The number of anilines is 1. The van der Waals surface area contributed by atoms with E-state index >= 15 is 0 Å². The number of nitrogens with one attached hydrogen (secondary N) is 1. The van der Waals surface area contributed by atoms with Crippen LogP contribution >= 0.6 is 0 Å². The number of nitrogen functional groups attached to an aromatic ring is 1. The van der Waals surface area contributed by atoms with E-state index in [-0.39, 0.29) is 0 Å². The van der Waals surface area contributed by atoms with Crippen LogP contribution in [0, 0.1) is 13.8 Å². The van der Waals surface area contributed by atoms with Crippen LogP contribution in [0.2, 0.25) is 0 Å². The third-order valence-electron chi connectivity index (χ3n) is 2.85. The molecule has 3 N–H and O–H groups in total. The van der Waals surface area contributed by atoms with Gasteiger partial charge in [-0.05, 0) is 25.5 Å². The maximum Gasteiger partial charge on any atom is 0.138 e. The van der Waals surface area contributed by atoms with Gasteiger partial charge in [0.05, 0.1) is 5.69 Å². The molecule has 0 bridgehead atoms. The Labute approximate surface area is 101 Å². The lowest BCUT2D eigenvalue weighted by Gasteiger charge is -2.07. The Kier molecular flexibility index (Phi) is 3.44. The van der Waals surface area contributed by atoms with Crippen molar-refractivity contribution in [3.63, 3.8) is 0 Å². The quantitative estimate of drug-likeness (QED) is 0.791. The first-order valence-corrected chi connectivity index (χ1v) is 5.64. The zero-order valence-corrected chi connectivity index (χ0v) is 10.2. The van der Waals surface area contributed by atoms with Crippen LogP contribution in [0.1, 0.15) is 22.6 Å². The molecule has 1 heterocycles. The molecule has 0 fully saturated rings. The highest BCUT2D eigenvalue weighted by Crippen LogP contribution is 2.13. The summed E-state index contributed by atoms with van der Waals surface area (Å²) in [7, 11) is 0. The summed E-state index contributed by atoms with van der Waals surface area (Å²) in [6, 6.07) is 7.86. The Bertz CT molecular complexity index is 486. The van der Waals surface area contributed by atoms with E-state index < -0.39 is 0 Å². The Morgan fingerprint density at radius 1 is 1.24 bits per heavy atom. The number of nitrogens with two attached hydrogens (primary N) is 1. The summed E-state index contributed by atoms with van der Waals surface area (Å²) < 4.78 is 5.11. The first kappa shape index (κ1) is 11.7. The number of benzene rings is 1. The lowest BCUT2D eigenvalue weighted by molar-refractivity contribution is 0.392. The minimum Gasteiger partial charge on any atom is -0.398 e. The Morgan fingerprint density at radius 2 is 2.00 bits per heavy atom. The Morgan fingerprint density at radius 3 is 2.65 bits per heavy atom. The first-order valence-electron chi connectivity index (χ1n) is 5.64. The Balaban J connectivity index is 1.95. The predicted molar refractivity (Wildman–Crippen MR) is 67.4 cm³/mol. The molecule has 0 unspecified atom stereocenters. The van der Waals surface area contributed by atoms with Gasteiger partial charge in [-0.1, -0.05) is 23.4 Å². The lowest BCUT2D eigenvalue weighted by atomic mass is 10.1. The zero-order valence-electron chi connectivity index (χ0n) is 10.2. The smallest absolute Gasteiger partial charge is 0.138 e. The van der Waals surface area contributed by atoms with Gasteiger partial charge in [0, 0.05) is 24.3 Å². The van der Waals surface area contributed by atoms with Gasteiger partial charge in [0.15, 0.2) is 0 Å². The molecule has 1 aromatic heterocycles. The molecule has 90 valence electrons. The number of hydrogen-bond acceptors (Lipinski definition) is 4. The van der Waals surface area contributed by atoms with Crippen molar-refractivity contribution in [3.05, 3.63) is 46.8 Å². The van der Waals surface area contributed by atoms with E-state index in [1.807, 2.05) is 38.1 Å². The summed E-state index contributed by atoms with van der Waals surface area (Å²) in [5, 5.41) is 7.27. The van der Waals surface area contributed by atoms with Crippen molar-refractivity contribution in [2.75, 3.05) is 5.73 Å². The third-order valence-corrected chi connectivity index (χ3v) is 2.85.